The van der Waals surface area contributed by atoms with E-state index < -0.39 is 5.82 Å². The largest absolute Gasteiger partial charge is 0.484 e. The predicted molar refractivity (Wildman–Crippen MR) is 103 cm³/mol. The molecule has 0 spiro atoms. The minimum Gasteiger partial charge on any atom is -0.484 e. The molecule has 148 valence electrons. The van der Waals surface area contributed by atoms with Crippen molar-refractivity contribution in [3.8, 4) is 5.75 Å². The zero-order chi connectivity index (χ0) is 19.9. The third-order valence-electron chi connectivity index (χ3n) is 3.84. The number of aromatic nitrogens is 2. The molecule has 3 N–H and O–H groups in total. The first kappa shape index (κ1) is 19.7. The van der Waals surface area contributed by atoms with E-state index in [0.29, 0.717) is 31.7 Å². The first-order valence-corrected chi connectivity index (χ1v) is 9.03. The van der Waals surface area contributed by atoms with Crippen molar-refractivity contribution >= 4 is 35.4 Å². The van der Waals surface area contributed by atoms with Crippen molar-refractivity contribution in [1.29, 1.82) is 0 Å². The zero-order valence-electron chi connectivity index (χ0n) is 14.9. The normalized spacial score (nSPS) is 12.1. The smallest absolute Gasteiger partial charge is 0.271 e. The average Bonchev–Trinajstić information content (AvgIpc) is 3.13. The minimum absolute atomic E-state index is 0.0118. The van der Waals surface area contributed by atoms with Crippen LogP contribution >= 0.6 is 11.6 Å². The summed E-state index contributed by atoms with van der Waals surface area (Å²) in [5.41, 5.74) is 0.321. The Morgan fingerprint density at radius 2 is 2.11 bits per heavy atom. The van der Waals surface area contributed by atoms with Crippen LogP contribution in [0.2, 0.25) is 5.02 Å². The molecule has 2 amide bonds. The number of halogens is 2. The van der Waals surface area contributed by atoms with E-state index in [9.17, 15) is 14.0 Å². The van der Waals surface area contributed by atoms with Crippen molar-refractivity contribution in [3.63, 3.8) is 0 Å². The maximum absolute atomic E-state index is 13.3. The Balaban J connectivity index is 1.31. The van der Waals surface area contributed by atoms with Crippen molar-refractivity contribution in [2.24, 2.45) is 0 Å². The molecule has 2 aromatic rings. The van der Waals surface area contributed by atoms with Crippen LogP contribution in [0.5, 0.6) is 5.75 Å². The Labute approximate surface area is 165 Å². The van der Waals surface area contributed by atoms with Gasteiger partial charge in [0.05, 0.1) is 5.02 Å². The van der Waals surface area contributed by atoms with Crippen molar-refractivity contribution in [1.82, 2.24) is 20.4 Å². The average molecular weight is 408 g/mol. The molecule has 3 rings (SSSR count). The lowest BCUT2D eigenvalue weighted by Crippen LogP contribution is -2.32. The Hall–Kier alpha value is -3.07. The molecule has 2 heterocycles. The summed E-state index contributed by atoms with van der Waals surface area (Å²) in [4.78, 5) is 23.8. The molecule has 0 unspecified atom stereocenters. The van der Waals surface area contributed by atoms with Gasteiger partial charge in [0.2, 0.25) is 0 Å². The lowest BCUT2D eigenvalue weighted by Gasteiger charge is -2.08. The van der Waals surface area contributed by atoms with Gasteiger partial charge in [-0.3, -0.25) is 9.59 Å². The number of amides is 2. The quantitative estimate of drug-likeness (QED) is 0.580. The van der Waals surface area contributed by atoms with Gasteiger partial charge in [0.15, 0.2) is 12.3 Å². The molecule has 0 bridgehead atoms. The molecule has 1 aliphatic heterocycles. The standard InChI is InChI=1S/C18H19ClFN5O3/c19-13-4-3-12(9-14(13)20)28-11-17(26)22-5-1-6-23-18(27)15-10-16-21-7-2-8-25(16)24-15/h2-4,8-10,21H,1,5-7,11H2,(H,22,26)(H,23,27). The second kappa shape index (κ2) is 9.23. The van der Waals surface area contributed by atoms with Gasteiger partial charge in [-0.2, -0.15) is 5.10 Å². The molecule has 0 saturated carbocycles. The van der Waals surface area contributed by atoms with E-state index in [0.717, 1.165) is 11.9 Å². The number of fused-ring (bicyclic) bond motifs is 1. The summed E-state index contributed by atoms with van der Waals surface area (Å²) < 4.78 is 20.1. The molecule has 8 nitrogen and oxygen atoms in total. The Morgan fingerprint density at radius 1 is 1.29 bits per heavy atom. The van der Waals surface area contributed by atoms with Crippen LogP contribution in [0, 0.1) is 5.82 Å². The van der Waals surface area contributed by atoms with Crippen LogP contribution in [-0.2, 0) is 4.79 Å². The summed E-state index contributed by atoms with van der Waals surface area (Å²) in [7, 11) is 0. The van der Waals surface area contributed by atoms with E-state index in [1.165, 1.54) is 12.1 Å². The third-order valence-corrected chi connectivity index (χ3v) is 4.14. The summed E-state index contributed by atoms with van der Waals surface area (Å²) in [5, 5.41) is 12.7. The van der Waals surface area contributed by atoms with Gasteiger partial charge in [0.1, 0.15) is 17.4 Å². The van der Waals surface area contributed by atoms with Gasteiger partial charge in [0, 0.05) is 38.0 Å². The molecule has 1 aliphatic rings. The molecule has 0 atom stereocenters. The van der Waals surface area contributed by atoms with Crippen LogP contribution in [0.25, 0.3) is 6.20 Å². The van der Waals surface area contributed by atoms with E-state index >= 15 is 0 Å². The molecule has 0 aliphatic carbocycles. The van der Waals surface area contributed by atoms with Gasteiger partial charge in [-0.25, -0.2) is 9.07 Å². The summed E-state index contributed by atoms with van der Waals surface area (Å²) in [6.45, 7) is 1.20. The summed E-state index contributed by atoms with van der Waals surface area (Å²) in [6.07, 6.45) is 4.23. The minimum atomic E-state index is -0.610. The number of hydrogen-bond donors (Lipinski definition) is 3. The maximum atomic E-state index is 13.3. The molecule has 0 fully saturated rings. The molecule has 10 heteroatoms. The summed E-state index contributed by atoms with van der Waals surface area (Å²) in [6, 6.07) is 5.63. The monoisotopic (exact) mass is 407 g/mol. The van der Waals surface area contributed by atoms with Crippen LogP contribution in [0.4, 0.5) is 10.2 Å². The maximum Gasteiger partial charge on any atom is 0.271 e. The summed E-state index contributed by atoms with van der Waals surface area (Å²) in [5.74, 6) is -0.254. The van der Waals surface area contributed by atoms with Crippen LogP contribution in [-0.4, -0.2) is 47.8 Å². The first-order chi connectivity index (χ1) is 13.5. The molecule has 1 aromatic carbocycles. The number of anilines is 1. The van der Waals surface area contributed by atoms with Crippen molar-refractivity contribution in [3.05, 3.63) is 46.9 Å². The third kappa shape index (κ3) is 5.23. The number of rotatable bonds is 8. The fourth-order valence-electron chi connectivity index (χ4n) is 2.44. The number of hydrogen-bond acceptors (Lipinski definition) is 5. The number of benzene rings is 1. The van der Waals surface area contributed by atoms with Gasteiger partial charge in [-0.15, -0.1) is 0 Å². The Morgan fingerprint density at radius 3 is 2.89 bits per heavy atom. The van der Waals surface area contributed by atoms with Crippen LogP contribution in [0.3, 0.4) is 0 Å². The van der Waals surface area contributed by atoms with E-state index in [1.807, 2.05) is 6.08 Å². The molecule has 1 aromatic heterocycles. The van der Waals surface area contributed by atoms with E-state index in [1.54, 1.807) is 16.9 Å². The van der Waals surface area contributed by atoms with E-state index in [-0.39, 0.29) is 29.2 Å². The second-order valence-electron chi connectivity index (χ2n) is 5.95. The van der Waals surface area contributed by atoms with E-state index in [2.05, 4.69) is 21.0 Å². The van der Waals surface area contributed by atoms with Crippen LogP contribution < -0.4 is 20.7 Å². The fraction of sp³-hybridized carbons (Fsp3) is 0.278. The molecular formula is C18H19ClFN5O3. The van der Waals surface area contributed by atoms with Crippen LogP contribution in [0.1, 0.15) is 16.9 Å². The number of nitrogens with zero attached hydrogens (tertiary/aromatic N) is 2. The van der Waals surface area contributed by atoms with Crippen molar-refractivity contribution < 1.29 is 18.7 Å². The SMILES string of the molecule is O=C(COc1ccc(Cl)c(F)c1)NCCCNC(=O)c1cc2n(n1)C=CCN2. The van der Waals surface area contributed by atoms with Gasteiger partial charge in [-0.05, 0) is 24.6 Å². The number of carbonyl (C=O) groups excluding carboxylic acids is 2. The fourth-order valence-corrected chi connectivity index (χ4v) is 2.56. The van der Waals surface area contributed by atoms with Gasteiger partial charge < -0.3 is 20.7 Å². The Bertz CT molecular complexity index is 899. The first-order valence-electron chi connectivity index (χ1n) is 8.66. The lowest BCUT2D eigenvalue weighted by atomic mass is 10.3. The zero-order valence-corrected chi connectivity index (χ0v) is 15.6. The number of nitrogens with one attached hydrogen (secondary N) is 3. The molecule has 0 saturated heterocycles. The van der Waals surface area contributed by atoms with Crippen molar-refractivity contribution in [2.45, 2.75) is 6.42 Å². The van der Waals surface area contributed by atoms with Gasteiger partial charge >= 0.3 is 0 Å². The van der Waals surface area contributed by atoms with Gasteiger partial charge in [-0.1, -0.05) is 11.6 Å². The number of carbonyl (C=O) groups is 2. The predicted octanol–water partition coefficient (Wildman–Crippen LogP) is 1.89. The second-order valence-corrected chi connectivity index (χ2v) is 6.36. The van der Waals surface area contributed by atoms with Gasteiger partial charge in [0.25, 0.3) is 11.8 Å². The molecule has 28 heavy (non-hydrogen) atoms. The summed E-state index contributed by atoms with van der Waals surface area (Å²) >= 11 is 5.58. The van der Waals surface area contributed by atoms with Crippen molar-refractivity contribution in [2.75, 3.05) is 31.6 Å². The Kier molecular flexibility index (Phi) is 6.49. The highest BCUT2D eigenvalue weighted by atomic mass is 35.5. The highest BCUT2D eigenvalue weighted by Crippen LogP contribution is 2.20. The topological polar surface area (TPSA) is 97.3 Å². The lowest BCUT2D eigenvalue weighted by molar-refractivity contribution is -0.123. The number of ether oxygens (including phenoxy) is 1. The highest BCUT2D eigenvalue weighted by molar-refractivity contribution is 6.30. The highest BCUT2D eigenvalue weighted by Gasteiger charge is 2.14. The molecule has 0 radical (unpaired) electrons. The van der Waals surface area contributed by atoms with E-state index in [4.69, 9.17) is 16.3 Å². The molecular weight excluding hydrogens is 389 g/mol. The van der Waals surface area contributed by atoms with Crippen LogP contribution in [0.15, 0.2) is 30.3 Å².